The second kappa shape index (κ2) is 5.62. The highest BCUT2D eigenvalue weighted by molar-refractivity contribution is 5.87. The van der Waals surface area contributed by atoms with Gasteiger partial charge in [-0.25, -0.2) is 0 Å². The lowest BCUT2D eigenvalue weighted by molar-refractivity contribution is 0.534. The number of aromatic nitrogens is 1. The standard InChI is InChI=1S/C17H24N2/c1-12(2)10-19-11-15(7-8-18)16-6-5-14(13(3)4)9-17(16)19/h5-6,9,11-12H,3,7-8,10,18H2,1-2,4H3. The van der Waals surface area contributed by atoms with E-state index < -0.39 is 0 Å². The molecule has 1 aromatic carbocycles. The maximum absolute atomic E-state index is 5.72. The average molecular weight is 256 g/mol. The topological polar surface area (TPSA) is 30.9 Å². The van der Waals surface area contributed by atoms with Gasteiger partial charge in [-0.2, -0.15) is 0 Å². The number of hydrogen-bond donors (Lipinski definition) is 1. The summed E-state index contributed by atoms with van der Waals surface area (Å²) in [7, 11) is 0. The molecule has 0 atom stereocenters. The lowest BCUT2D eigenvalue weighted by atomic mass is 10.0. The maximum Gasteiger partial charge on any atom is 0.0489 e. The molecular weight excluding hydrogens is 232 g/mol. The molecule has 1 heterocycles. The summed E-state index contributed by atoms with van der Waals surface area (Å²) >= 11 is 0. The minimum atomic E-state index is 0.634. The molecular formula is C17H24N2. The van der Waals surface area contributed by atoms with E-state index in [1.165, 1.54) is 22.0 Å². The summed E-state index contributed by atoms with van der Waals surface area (Å²) < 4.78 is 2.36. The van der Waals surface area contributed by atoms with Crippen LogP contribution >= 0.6 is 0 Å². The van der Waals surface area contributed by atoms with Crippen LogP contribution < -0.4 is 5.73 Å². The molecule has 0 unspecified atom stereocenters. The molecule has 1 aromatic heterocycles. The molecule has 0 amide bonds. The summed E-state index contributed by atoms with van der Waals surface area (Å²) in [4.78, 5) is 0. The van der Waals surface area contributed by atoms with Gasteiger partial charge in [-0.1, -0.05) is 38.1 Å². The second-order valence-electron chi connectivity index (χ2n) is 5.75. The normalized spacial score (nSPS) is 11.4. The number of nitrogens with two attached hydrogens (primary N) is 1. The third-order valence-electron chi connectivity index (χ3n) is 3.43. The van der Waals surface area contributed by atoms with E-state index >= 15 is 0 Å². The van der Waals surface area contributed by atoms with Gasteiger partial charge in [0.1, 0.15) is 0 Å². The average Bonchev–Trinajstić information content (AvgIpc) is 2.67. The molecule has 2 heteroatoms. The Balaban J connectivity index is 2.58. The number of benzene rings is 1. The highest BCUT2D eigenvalue weighted by Gasteiger charge is 2.10. The quantitative estimate of drug-likeness (QED) is 0.866. The largest absolute Gasteiger partial charge is 0.347 e. The first-order valence-corrected chi connectivity index (χ1v) is 7.00. The molecule has 0 aliphatic heterocycles. The fourth-order valence-corrected chi connectivity index (χ4v) is 2.53. The third kappa shape index (κ3) is 2.90. The van der Waals surface area contributed by atoms with Crippen molar-refractivity contribution >= 4 is 16.5 Å². The van der Waals surface area contributed by atoms with Crippen LogP contribution in [-0.2, 0) is 13.0 Å². The molecule has 0 bridgehead atoms. The van der Waals surface area contributed by atoms with Crippen molar-refractivity contribution in [2.45, 2.75) is 33.7 Å². The van der Waals surface area contributed by atoms with Crippen LogP contribution in [0.4, 0.5) is 0 Å². The summed E-state index contributed by atoms with van der Waals surface area (Å²) in [6.07, 6.45) is 3.20. The van der Waals surface area contributed by atoms with Crippen LogP contribution in [0.15, 0.2) is 31.0 Å². The zero-order valence-electron chi connectivity index (χ0n) is 12.2. The van der Waals surface area contributed by atoms with Crippen LogP contribution in [0.5, 0.6) is 0 Å². The number of nitrogens with zero attached hydrogens (tertiary/aromatic N) is 1. The van der Waals surface area contributed by atoms with Gasteiger partial charge in [0.15, 0.2) is 0 Å². The minimum Gasteiger partial charge on any atom is -0.347 e. The monoisotopic (exact) mass is 256 g/mol. The van der Waals surface area contributed by atoms with E-state index in [-0.39, 0.29) is 0 Å². The first-order chi connectivity index (χ1) is 9.02. The Morgan fingerprint density at radius 2 is 2.11 bits per heavy atom. The van der Waals surface area contributed by atoms with E-state index in [1.807, 2.05) is 0 Å². The van der Waals surface area contributed by atoms with Crippen molar-refractivity contribution in [3.05, 3.63) is 42.1 Å². The summed E-state index contributed by atoms with van der Waals surface area (Å²) in [6.45, 7) is 12.3. The predicted octanol–water partition coefficient (Wildman–Crippen LogP) is 3.83. The lowest BCUT2D eigenvalue weighted by Gasteiger charge is -2.09. The number of fused-ring (bicyclic) bond motifs is 1. The van der Waals surface area contributed by atoms with Crippen molar-refractivity contribution in [3.63, 3.8) is 0 Å². The van der Waals surface area contributed by atoms with Crippen LogP contribution in [0.3, 0.4) is 0 Å². The summed E-state index contributed by atoms with van der Waals surface area (Å²) in [6, 6.07) is 6.62. The highest BCUT2D eigenvalue weighted by atomic mass is 15.0. The van der Waals surface area contributed by atoms with E-state index in [2.05, 4.69) is 56.3 Å². The van der Waals surface area contributed by atoms with Crippen molar-refractivity contribution in [1.82, 2.24) is 4.57 Å². The SMILES string of the molecule is C=C(C)c1ccc2c(CCN)cn(CC(C)C)c2c1. The van der Waals surface area contributed by atoms with E-state index in [9.17, 15) is 0 Å². The van der Waals surface area contributed by atoms with Crippen molar-refractivity contribution in [2.24, 2.45) is 11.7 Å². The Morgan fingerprint density at radius 3 is 2.68 bits per heavy atom. The molecule has 102 valence electrons. The molecule has 19 heavy (non-hydrogen) atoms. The molecule has 0 fully saturated rings. The van der Waals surface area contributed by atoms with Crippen LogP contribution in [0, 0.1) is 5.92 Å². The van der Waals surface area contributed by atoms with E-state index in [4.69, 9.17) is 5.73 Å². The lowest BCUT2D eigenvalue weighted by Crippen LogP contribution is -2.04. The smallest absolute Gasteiger partial charge is 0.0489 e. The fraction of sp³-hybridized carbons (Fsp3) is 0.412. The molecule has 0 aliphatic carbocycles. The summed E-state index contributed by atoms with van der Waals surface area (Å²) in [5, 5.41) is 1.33. The van der Waals surface area contributed by atoms with Gasteiger partial charge in [0, 0.05) is 23.6 Å². The molecule has 0 saturated heterocycles. The Labute approximate surface area is 115 Å². The molecule has 0 saturated carbocycles. The molecule has 2 N–H and O–H groups in total. The van der Waals surface area contributed by atoms with Crippen molar-refractivity contribution in [1.29, 1.82) is 0 Å². The molecule has 0 spiro atoms. The third-order valence-corrected chi connectivity index (χ3v) is 3.43. The van der Waals surface area contributed by atoms with Gasteiger partial charge in [-0.05, 0) is 43.0 Å². The first kappa shape index (κ1) is 13.9. The van der Waals surface area contributed by atoms with Crippen LogP contribution in [0.1, 0.15) is 31.9 Å². The van der Waals surface area contributed by atoms with Crippen molar-refractivity contribution in [2.75, 3.05) is 6.54 Å². The fourth-order valence-electron chi connectivity index (χ4n) is 2.53. The number of rotatable bonds is 5. The Morgan fingerprint density at radius 1 is 1.37 bits per heavy atom. The van der Waals surface area contributed by atoms with Gasteiger partial charge in [-0.3, -0.25) is 0 Å². The van der Waals surface area contributed by atoms with Gasteiger partial charge in [0.05, 0.1) is 0 Å². The minimum absolute atomic E-state index is 0.634. The van der Waals surface area contributed by atoms with Gasteiger partial charge in [0.25, 0.3) is 0 Å². The van der Waals surface area contributed by atoms with Gasteiger partial charge in [0.2, 0.25) is 0 Å². The zero-order chi connectivity index (χ0) is 14.0. The Kier molecular flexibility index (Phi) is 4.11. The molecule has 2 aromatic rings. The summed E-state index contributed by atoms with van der Waals surface area (Å²) in [5.74, 6) is 0.634. The van der Waals surface area contributed by atoms with Gasteiger partial charge < -0.3 is 10.3 Å². The highest BCUT2D eigenvalue weighted by Crippen LogP contribution is 2.26. The summed E-state index contributed by atoms with van der Waals surface area (Å²) in [5.41, 5.74) is 10.7. The molecule has 2 nitrogen and oxygen atoms in total. The van der Waals surface area contributed by atoms with Crippen molar-refractivity contribution in [3.8, 4) is 0 Å². The maximum atomic E-state index is 5.72. The predicted molar refractivity (Wildman–Crippen MR) is 84.2 cm³/mol. The second-order valence-corrected chi connectivity index (χ2v) is 5.75. The van der Waals surface area contributed by atoms with E-state index in [0.29, 0.717) is 12.5 Å². The number of allylic oxidation sites excluding steroid dienone is 1. The molecule has 0 radical (unpaired) electrons. The van der Waals surface area contributed by atoms with Crippen LogP contribution in [0.2, 0.25) is 0 Å². The van der Waals surface area contributed by atoms with Gasteiger partial charge in [-0.15, -0.1) is 0 Å². The van der Waals surface area contributed by atoms with E-state index in [0.717, 1.165) is 18.5 Å². The van der Waals surface area contributed by atoms with Crippen LogP contribution in [0.25, 0.3) is 16.5 Å². The first-order valence-electron chi connectivity index (χ1n) is 7.00. The molecule has 2 rings (SSSR count). The molecule has 0 aliphatic rings. The Bertz CT molecular complexity index is 591. The Hall–Kier alpha value is -1.54. The van der Waals surface area contributed by atoms with E-state index in [1.54, 1.807) is 0 Å². The number of hydrogen-bond acceptors (Lipinski definition) is 1. The van der Waals surface area contributed by atoms with Crippen molar-refractivity contribution < 1.29 is 0 Å². The van der Waals surface area contributed by atoms with Gasteiger partial charge >= 0.3 is 0 Å². The zero-order valence-corrected chi connectivity index (χ0v) is 12.2. The van der Waals surface area contributed by atoms with Crippen LogP contribution in [-0.4, -0.2) is 11.1 Å².